The van der Waals surface area contributed by atoms with E-state index in [1.54, 1.807) is 6.20 Å². The van der Waals surface area contributed by atoms with Crippen LogP contribution in [0.4, 0.5) is 5.69 Å². The Morgan fingerprint density at radius 3 is 2.70 bits per heavy atom. The van der Waals surface area contributed by atoms with Gasteiger partial charge in [-0.25, -0.2) is 0 Å². The van der Waals surface area contributed by atoms with Gasteiger partial charge in [0.1, 0.15) is 6.07 Å². The number of nitriles is 2. The van der Waals surface area contributed by atoms with E-state index in [2.05, 4.69) is 22.0 Å². The molecule has 1 aromatic carbocycles. The quantitative estimate of drug-likeness (QED) is 0.851. The van der Waals surface area contributed by atoms with Crippen molar-refractivity contribution in [2.24, 2.45) is 5.92 Å². The molecule has 0 saturated carbocycles. The number of para-hydroxylation sites is 1. The highest BCUT2D eigenvalue weighted by Gasteiger charge is 2.16. The van der Waals surface area contributed by atoms with E-state index in [9.17, 15) is 5.26 Å². The van der Waals surface area contributed by atoms with E-state index in [0.717, 1.165) is 23.1 Å². The number of anilines is 1. The van der Waals surface area contributed by atoms with Crippen molar-refractivity contribution >= 4 is 16.6 Å². The molecule has 0 bridgehead atoms. The second kappa shape index (κ2) is 6.04. The van der Waals surface area contributed by atoms with E-state index in [1.807, 2.05) is 38.1 Å². The van der Waals surface area contributed by atoms with Crippen molar-refractivity contribution in [3.63, 3.8) is 0 Å². The van der Waals surface area contributed by atoms with E-state index < -0.39 is 0 Å². The van der Waals surface area contributed by atoms with Crippen molar-refractivity contribution in [2.45, 2.75) is 13.8 Å². The molecule has 1 unspecified atom stereocenters. The molecule has 0 aliphatic rings. The zero-order valence-electron chi connectivity index (χ0n) is 11.7. The number of fused-ring (bicyclic) bond motifs is 1. The second-order valence-electron chi connectivity index (χ2n) is 4.72. The predicted molar refractivity (Wildman–Crippen MR) is 79.1 cm³/mol. The SMILES string of the molecule is CCN(CC(C)C#N)c1c(C#N)cnc2ccccc12. The molecule has 1 atom stereocenters. The molecule has 2 rings (SSSR count). The summed E-state index contributed by atoms with van der Waals surface area (Å²) in [6.45, 7) is 5.27. The van der Waals surface area contributed by atoms with Crippen molar-refractivity contribution < 1.29 is 0 Å². The number of hydrogen-bond acceptors (Lipinski definition) is 4. The van der Waals surface area contributed by atoms with Gasteiger partial charge in [-0.2, -0.15) is 10.5 Å². The van der Waals surface area contributed by atoms with Crippen LogP contribution in [-0.4, -0.2) is 18.1 Å². The van der Waals surface area contributed by atoms with Gasteiger partial charge in [0.05, 0.1) is 28.8 Å². The summed E-state index contributed by atoms with van der Waals surface area (Å²) < 4.78 is 0. The van der Waals surface area contributed by atoms with E-state index in [-0.39, 0.29) is 5.92 Å². The van der Waals surface area contributed by atoms with Gasteiger partial charge in [-0.15, -0.1) is 0 Å². The van der Waals surface area contributed by atoms with Crippen molar-refractivity contribution in [3.8, 4) is 12.1 Å². The van der Waals surface area contributed by atoms with Gasteiger partial charge in [0, 0.05) is 24.7 Å². The van der Waals surface area contributed by atoms with Gasteiger partial charge in [0.15, 0.2) is 0 Å². The predicted octanol–water partition coefficient (Wildman–Crippen LogP) is 3.09. The summed E-state index contributed by atoms with van der Waals surface area (Å²) in [4.78, 5) is 6.39. The number of pyridine rings is 1. The van der Waals surface area contributed by atoms with Gasteiger partial charge in [-0.3, -0.25) is 4.98 Å². The first-order chi connectivity index (χ1) is 9.71. The lowest BCUT2D eigenvalue weighted by molar-refractivity contribution is 0.687. The molecule has 2 aromatic rings. The molecule has 0 aliphatic carbocycles. The number of aromatic nitrogens is 1. The van der Waals surface area contributed by atoms with E-state index in [4.69, 9.17) is 5.26 Å². The van der Waals surface area contributed by atoms with Gasteiger partial charge < -0.3 is 4.90 Å². The molecule has 4 heteroatoms. The maximum atomic E-state index is 9.33. The molecular formula is C16H16N4. The van der Waals surface area contributed by atoms with Crippen LogP contribution in [0.15, 0.2) is 30.5 Å². The van der Waals surface area contributed by atoms with Gasteiger partial charge in [-0.1, -0.05) is 18.2 Å². The van der Waals surface area contributed by atoms with Crippen molar-refractivity contribution in [1.29, 1.82) is 10.5 Å². The van der Waals surface area contributed by atoms with Crippen LogP contribution in [0.1, 0.15) is 19.4 Å². The van der Waals surface area contributed by atoms with Crippen LogP contribution in [-0.2, 0) is 0 Å². The average molecular weight is 264 g/mol. The maximum absolute atomic E-state index is 9.33. The Hall–Kier alpha value is -2.59. The van der Waals surface area contributed by atoms with E-state index >= 15 is 0 Å². The lowest BCUT2D eigenvalue weighted by Gasteiger charge is -2.26. The van der Waals surface area contributed by atoms with Crippen LogP contribution in [0.2, 0.25) is 0 Å². The molecule has 4 nitrogen and oxygen atoms in total. The minimum Gasteiger partial charge on any atom is -0.369 e. The zero-order valence-corrected chi connectivity index (χ0v) is 11.7. The monoisotopic (exact) mass is 264 g/mol. The van der Waals surface area contributed by atoms with Gasteiger partial charge >= 0.3 is 0 Å². The van der Waals surface area contributed by atoms with Crippen LogP contribution < -0.4 is 4.90 Å². The fraction of sp³-hybridized carbons (Fsp3) is 0.312. The van der Waals surface area contributed by atoms with Crippen LogP contribution in [0.5, 0.6) is 0 Å². The fourth-order valence-electron chi connectivity index (χ4n) is 2.30. The van der Waals surface area contributed by atoms with Crippen molar-refractivity contribution in [2.75, 3.05) is 18.0 Å². The summed E-state index contributed by atoms with van der Waals surface area (Å²) in [6, 6.07) is 12.2. The molecule has 0 radical (unpaired) electrons. The first kappa shape index (κ1) is 13.8. The molecule has 0 spiro atoms. The Kier molecular flexibility index (Phi) is 4.17. The molecule has 0 aliphatic heterocycles. The molecule has 0 amide bonds. The summed E-state index contributed by atoms with van der Waals surface area (Å²) in [5.74, 6) is -0.0894. The smallest absolute Gasteiger partial charge is 0.103 e. The highest BCUT2D eigenvalue weighted by molar-refractivity contribution is 5.94. The Labute approximate surface area is 118 Å². The van der Waals surface area contributed by atoms with E-state index in [1.165, 1.54) is 0 Å². The second-order valence-corrected chi connectivity index (χ2v) is 4.72. The fourth-order valence-corrected chi connectivity index (χ4v) is 2.30. The molecule has 0 N–H and O–H groups in total. The molecule has 0 saturated heterocycles. The topological polar surface area (TPSA) is 63.7 Å². The highest BCUT2D eigenvalue weighted by atomic mass is 15.1. The molecular weight excluding hydrogens is 248 g/mol. The van der Waals surface area contributed by atoms with Crippen LogP contribution >= 0.6 is 0 Å². The molecule has 1 heterocycles. The lowest BCUT2D eigenvalue weighted by atomic mass is 10.1. The summed E-state index contributed by atoms with van der Waals surface area (Å²) in [6.07, 6.45) is 1.61. The third-order valence-electron chi connectivity index (χ3n) is 3.28. The zero-order chi connectivity index (χ0) is 14.5. The minimum absolute atomic E-state index is 0.0894. The Balaban J connectivity index is 2.61. The number of rotatable bonds is 4. The van der Waals surface area contributed by atoms with Gasteiger partial charge in [-0.05, 0) is 19.9 Å². The Morgan fingerprint density at radius 2 is 2.05 bits per heavy atom. The first-order valence-electron chi connectivity index (χ1n) is 6.63. The van der Waals surface area contributed by atoms with E-state index in [0.29, 0.717) is 12.1 Å². The summed E-state index contributed by atoms with van der Waals surface area (Å²) >= 11 is 0. The normalized spacial score (nSPS) is 11.6. The molecule has 20 heavy (non-hydrogen) atoms. The molecule has 100 valence electrons. The largest absolute Gasteiger partial charge is 0.369 e. The van der Waals surface area contributed by atoms with Crippen molar-refractivity contribution in [1.82, 2.24) is 4.98 Å². The maximum Gasteiger partial charge on any atom is 0.103 e. The van der Waals surface area contributed by atoms with Crippen LogP contribution in [0.25, 0.3) is 10.9 Å². The Bertz CT molecular complexity index is 694. The average Bonchev–Trinajstić information content (AvgIpc) is 2.51. The highest BCUT2D eigenvalue weighted by Crippen LogP contribution is 2.29. The van der Waals surface area contributed by atoms with Gasteiger partial charge in [0.2, 0.25) is 0 Å². The lowest BCUT2D eigenvalue weighted by Crippen LogP contribution is -2.28. The summed E-state index contributed by atoms with van der Waals surface area (Å²) in [5.41, 5.74) is 2.29. The first-order valence-corrected chi connectivity index (χ1v) is 6.63. The van der Waals surface area contributed by atoms with Crippen molar-refractivity contribution in [3.05, 3.63) is 36.0 Å². The van der Waals surface area contributed by atoms with Crippen LogP contribution in [0, 0.1) is 28.6 Å². The summed E-state index contributed by atoms with van der Waals surface area (Å²) in [5, 5.41) is 19.3. The molecule has 0 fully saturated rings. The third-order valence-corrected chi connectivity index (χ3v) is 3.28. The number of nitrogens with zero attached hydrogens (tertiary/aromatic N) is 4. The number of benzene rings is 1. The van der Waals surface area contributed by atoms with Gasteiger partial charge in [0.25, 0.3) is 0 Å². The Morgan fingerprint density at radius 1 is 1.30 bits per heavy atom. The van der Waals surface area contributed by atoms with Crippen LogP contribution in [0.3, 0.4) is 0 Å². The third kappa shape index (κ3) is 2.55. The number of hydrogen-bond donors (Lipinski definition) is 0. The molecule has 1 aromatic heterocycles. The standard InChI is InChI=1S/C16H16N4/c1-3-20(11-12(2)8-17)16-13(9-18)10-19-15-7-5-4-6-14(15)16/h4-7,10,12H,3,11H2,1-2H3. The minimum atomic E-state index is -0.0894. The summed E-state index contributed by atoms with van der Waals surface area (Å²) in [7, 11) is 0.